The number of nitrogens with one attached hydrogen (secondary N) is 2. The molecule has 108 valence electrons. The van der Waals surface area contributed by atoms with Gasteiger partial charge in [-0.1, -0.05) is 12.1 Å². The molecule has 21 heavy (non-hydrogen) atoms. The number of aryl methyl sites for hydroxylation is 1. The van der Waals surface area contributed by atoms with Crippen LogP contribution in [0.5, 0.6) is 0 Å². The van der Waals surface area contributed by atoms with E-state index in [0.29, 0.717) is 16.1 Å². The molecule has 6 nitrogen and oxygen atoms in total. The molecule has 0 spiro atoms. The molecule has 0 aliphatic carbocycles. The standard InChI is InChI=1S/C13H11N3O3S2/c1-8-4-5-9(7-10(8)16(18)19)14-13(20)15-12(17)11-3-2-6-21-11/h2-7H,1H3,(H2,14,15,17,20). The topological polar surface area (TPSA) is 84.3 Å². The number of nitro benzene ring substituents is 1. The van der Waals surface area contributed by atoms with Crippen LogP contribution in [0.15, 0.2) is 35.7 Å². The summed E-state index contributed by atoms with van der Waals surface area (Å²) in [7, 11) is 0. The Morgan fingerprint density at radius 1 is 1.38 bits per heavy atom. The number of hydrogen-bond donors (Lipinski definition) is 2. The van der Waals surface area contributed by atoms with E-state index in [2.05, 4.69) is 10.6 Å². The van der Waals surface area contributed by atoms with Crippen molar-refractivity contribution in [1.29, 1.82) is 0 Å². The van der Waals surface area contributed by atoms with Gasteiger partial charge in [0, 0.05) is 17.3 Å². The maximum atomic E-state index is 11.8. The normalized spacial score (nSPS) is 9.95. The van der Waals surface area contributed by atoms with Crippen LogP contribution in [0.3, 0.4) is 0 Å². The van der Waals surface area contributed by atoms with E-state index >= 15 is 0 Å². The summed E-state index contributed by atoms with van der Waals surface area (Å²) in [6.07, 6.45) is 0. The van der Waals surface area contributed by atoms with Gasteiger partial charge in [-0.25, -0.2) is 0 Å². The van der Waals surface area contributed by atoms with Crippen LogP contribution in [-0.2, 0) is 0 Å². The van der Waals surface area contributed by atoms with Gasteiger partial charge in [-0.3, -0.25) is 20.2 Å². The van der Waals surface area contributed by atoms with Crippen molar-refractivity contribution < 1.29 is 9.72 Å². The van der Waals surface area contributed by atoms with Crippen LogP contribution in [0.25, 0.3) is 0 Å². The van der Waals surface area contributed by atoms with Crippen molar-refractivity contribution in [1.82, 2.24) is 5.32 Å². The third-order valence-corrected chi connectivity index (χ3v) is 3.71. The SMILES string of the molecule is Cc1ccc(NC(=S)NC(=O)c2cccs2)cc1[N+](=O)[O-]. The average molecular weight is 321 g/mol. The number of rotatable bonds is 3. The molecule has 2 rings (SSSR count). The second-order valence-electron chi connectivity index (χ2n) is 4.14. The molecule has 8 heteroatoms. The van der Waals surface area contributed by atoms with Crippen LogP contribution in [0.4, 0.5) is 11.4 Å². The number of thiophene rings is 1. The molecule has 0 unspecified atom stereocenters. The van der Waals surface area contributed by atoms with E-state index in [1.807, 2.05) is 0 Å². The first kappa shape index (κ1) is 15.1. The number of carbonyl (C=O) groups excluding carboxylic acids is 1. The fourth-order valence-electron chi connectivity index (χ4n) is 1.62. The smallest absolute Gasteiger partial charge is 0.274 e. The number of hydrogen-bond acceptors (Lipinski definition) is 5. The molecule has 0 aliphatic rings. The van der Waals surface area contributed by atoms with E-state index in [-0.39, 0.29) is 16.7 Å². The Kier molecular flexibility index (Phi) is 4.61. The van der Waals surface area contributed by atoms with Crippen molar-refractivity contribution in [3.63, 3.8) is 0 Å². The monoisotopic (exact) mass is 321 g/mol. The van der Waals surface area contributed by atoms with Crippen LogP contribution in [-0.4, -0.2) is 15.9 Å². The number of nitro groups is 1. The molecule has 0 aliphatic heterocycles. The van der Waals surface area contributed by atoms with E-state index in [1.54, 1.807) is 36.6 Å². The summed E-state index contributed by atoms with van der Waals surface area (Å²) >= 11 is 6.32. The lowest BCUT2D eigenvalue weighted by Crippen LogP contribution is -2.33. The van der Waals surface area contributed by atoms with Crippen molar-refractivity contribution in [2.24, 2.45) is 0 Å². The molecule has 0 bridgehead atoms. The molecule has 1 aromatic heterocycles. The zero-order valence-electron chi connectivity index (χ0n) is 11.0. The highest BCUT2D eigenvalue weighted by molar-refractivity contribution is 7.80. The van der Waals surface area contributed by atoms with E-state index in [1.165, 1.54) is 17.4 Å². The predicted octanol–water partition coefficient (Wildman–Crippen LogP) is 3.09. The van der Waals surface area contributed by atoms with Gasteiger partial charge in [0.25, 0.3) is 11.6 Å². The van der Waals surface area contributed by atoms with Gasteiger partial charge in [-0.2, -0.15) is 0 Å². The molecule has 0 atom stereocenters. The van der Waals surface area contributed by atoms with Crippen LogP contribution < -0.4 is 10.6 Å². The number of benzene rings is 1. The van der Waals surface area contributed by atoms with Crippen molar-refractivity contribution in [3.8, 4) is 0 Å². The number of anilines is 1. The van der Waals surface area contributed by atoms with Gasteiger partial charge in [0.2, 0.25) is 0 Å². The lowest BCUT2D eigenvalue weighted by Gasteiger charge is -2.09. The van der Waals surface area contributed by atoms with Gasteiger partial charge in [0.15, 0.2) is 5.11 Å². The van der Waals surface area contributed by atoms with Crippen molar-refractivity contribution in [2.45, 2.75) is 6.92 Å². The minimum Gasteiger partial charge on any atom is -0.332 e. The first-order valence-corrected chi connectivity index (χ1v) is 7.17. The second kappa shape index (κ2) is 6.42. The summed E-state index contributed by atoms with van der Waals surface area (Å²) in [5.74, 6) is -0.316. The minimum atomic E-state index is -0.464. The summed E-state index contributed by atoms with van der Waals surface area (Å²) in [6, 6.07) is 8.09. The fourth-order valence-corrected chi connectivity index (χ4v) is 2.45. The molecule has 1 aromatic carbocycles. The Hall–Kier alpha value is -2.32. The van der Waals surface area contributed by atoms with Crippen molar-refractivity contribution in [2.75, 3.05) is 5.32 Å². The summed E-state index contributed by atoms with van der Waals surface area (Å²) in [5, 5.41) is 18.0. The van der Waals surface area contributed by atoms with Gasteiger partial charge >= 0.3 is 0 Å². The first-order valence-electron chi connectivity index (χ1n) is 5.88. The van der Waals surface area contributed by atoms with Gasteiger partial charge in [0.05, 0.1) is 9.80 Å². The summed E-state index contributed by atoms with van der Waals surface area (Å²) in [5.41, 5.74) is 0.996. The highest BCUT2D eigenvalue weighted by Gasteiger charge is 2.13. The largest absolute Gasteiger partial charge is 0.332 e. The van der Waals surface area contributed by atoms with Crippen molar-refractivity contribution in [3.05, 3.63) is 56.3 Å². The third kappa shape index (κ3) is 3.83. The van der Waals surface area contributed by atoms with E-state index in [0.717, 1.165) is 0 Å². The van der Waals surface area contributed by atoms with Crippen LogP contribution in [0.2, 0.25) is 0 Å². The maximum Gasteiger partial charge on any atom is 0.274 e. The molecule has 2 N–H and O–H groups in total. The Morgan fingerprint density at radius 2 is 2.14 bits per heavy atom. The maximum absolute atomic E-state index is 11.8. The third-order valence-electron chi connectivity index (χ3n) is 2.64. The quantitative estimate of drug-likeness (QED) is 0.515. The Bertz CT molecular complexity index is 699. The van der Waals surface area contributed by atoms with E-state index in [4.69, 9.17) is 12.2 Å². The molecular formula is C13H11N3O3S2. The number of thiocarbonyl (C=S) groups is 1. The second-order valence-corrected chi connectivity index (χ2v) is 5.50. The zero-order valence-corrected chi connectivity index (χ0v) is 12.6. The van der Waals surface area contributed by atoms with Crippen LogP contribution in [0, 0.1) is 17.0 Å². The van der Waals surface area contributed by atoms with Crippen LogP contribution >= 0.6 is 23.6 Å². The zero-order chi connectivity index (χ0) is 15.4. The van der Waals surface area contributed by atoms with Gasteiger partial charge in [-0.15, -0.1) is 11.3 Å². The molecule has 0 radical (unpaired) electrons. The molecule has 0 saturated heterocycles. The highest BCUT2D eigenvalue weighted by Crippen LogP contribution is 2.22. The van der Waals surface area contributed by atoms with Gasteiger partial charge < -0.3 is 5.32 Å². The van der Waals surface area contributed by atoms with Crippen molar-refractivity contribution >= 4 is 45.9 Å². The molecule has 0 fully saturated rings. The lowest BCUT2D eigenvalue weighted by atomic mass is 10.2. The highest BCUT2D eigenvalue weighted by atomic mass is 32.1. The number of carbonyl (C=O) groups is 1. The fraction of sp³-hybridized carbons (Fsp3) is 0.0769. The lowest BCUT2D eigenvalue weighted by molar-refractivity contribution is -0.385. The summed E-state index contributed by atoms with van der Waals surface area (Å²) < 4.78 is 0. The average Bonchev–Trinajstić information content (AvgIpc) is 2.94. The van der Waals surface area contributed by atoms with Gasteiger partial charge in [-0.05, 0) is 36.7 Å². The molecule has 2 aromatic rings. The summed E-state index contributed by atoms with van der Waals surface area (Å²) in [4.78, 5) is 22.7. The predicted molar refractivity (Wildman–Crippen MR) is 85.8 cm³/mol. The number of nitrogens with zero attached hydrogens (tertiary/aromatic N) is 1. The molecule has 1 heterocycles. The minimum absolute atomic E-state index is 0.00705. The van der Waals surface area contributed by atoms with Crippen LogP contribution in [0.1, 0.15) is 15.2 Å². The molecule has 0 saturated carbocycles. The van der Waals surface area contributed by atoms with E-state index in [9.17, 15) is 14.9 Å². The Balaban J connectivity index is 2.05. The first-order chi connectivity index (χ1) is 9.97. The van der Waals surface area contributed by atoms with E-state index < -0.39 is 4.92 Å². The number of amides is 1. The molecule has 1 amide bonds. The molecular weight excluding hydrogens is 310 g/mol. The summed E-state index contributed by atoms with van der Waals surface area (Å²) in [6.45, 7) is 1.65. The Morgan fingerprint density at radius 3 is 2.76 bits per heavy atom. The Labute approximate surface area is 129 Å². The van der Waals surface area contributed by atoms with Gasteiger partial charge in [0.1, 0.15) is 0 Å².